The first-order valence-corrected chi connectivity index (χ1v) is 10.6. The molecule has 0 aliphatic carbocycles. The third-order valence-corrected chi connectivity index (χ3v) is 5.06. The van der Waals surface area contributed by atoms with Gasteiger partial charge in [-0.1, -0.05) is 11.8 Å². The van der Waals surface area contributed by atoms with Crippen molar-refractivity contribution < 1.29 is 28.5 Å². The number of ether oxygens (including phenoxy) is 4. The van der Waals surface area contributed by atoms with Gasteiger partial charge in [0, 0.05) is 9.79 Å². The quantitative estimate of drug-likeness (QED) is 0.383. The van der Waals surface area contributed by atoms with E-state index in [4.69, 9.17) is 18.9 Å². The van der Waals surface area contributed by atoms with E-state index in [2.05, 4.69) is 0 Å². The molecule has 0 saturated carbocycles. The number of anilines is 2. The molecule has 1 aliphatic rings. The Morgan fingerprint density at radius 3 is 1.84 bits per heavy atom. The van der Waals surface area contributed by atoms with E-state index in [-0.39, 0.29) is 0 Å². The molecule has 2 aromatic rings. The van der Waals surface area contributed by atoms with Crippen LogP contribution in [0, 0.1) is 0 Å². The fourth-order valence-corrected chi connectivity index (χ4v) is 3.95. The normalized spacial score (nSPS) is 13.1. The van der Waals surface area contributed by atoms with Gasteiger partial charge in [0.25, 0.3) is 0 Å². The summed E-state index contributed by atoms with van der Waals surface area (Å²) in [4.78, 5) is 28.2. The molecule has 166 valence electrons. The second-order valence-corrected chi connectivity index (χ2v) is 10.0. The van der Waals surface area contributed by atoms with Crippen molar-refractivity contribution in [1.82, 2.24) is 0 Å². The van der Waals surface area contributed by atoms with E-state index < -0.39 is 23.5 Å². The summed E-state index contributed by atoms with van der Waals surface area (Å²) in [7, 11) is 1.58. The molecule has 0 unspecified atom stereocenters. The summed E-state index contributed by atoms with van der Waals surface area (Å²) in [6.07, 6.45) is -1.29. The molecular formula is C23H27NO6S. The fraction of sp³-hybridized carbons (Fsp3) is 0.391. The van der Waals surface area contributed by atoms with Crippen molar-refractivity contribution in [1.29, 1.82) is 0 Å². The molecule has 0 radical (unpaired) electrons. The van der Waals surface area contributed by atoms with Crippen molar-refractivity contribution in [2.24, 2.45) is 0 Å². The lowest BCUT2D eigenvalue weighted by Gasteiger charge is -2.33. The Morgan fingerprint density at radius 1 is 0.806 bits per heavy atom. The Bertz CT molecular complexity index is 1010. The average molecular weight is 446 g/mol. The number of hydrogen-bond donors (Lipinski definition) is 0. The number of benzene rings is 2. The van der Waals surface area contributed by atoms with E-state index in [1.165, 1.54) is 16.7 Å². The SMILES string of the molecule is COc1ccc2c(c1)Sc1cc(OC(=O)OC(C)(C)C)ccc1N2C(=O)OC(C)(C)C. The number of hydrogen-bond acceptors (Lipinski definition) is 7. The lowest BCUT2D eigenvalue weighted by atomic mass is 10.2. The number of carbonyl (C=O) groups excluding carboxylic acids is 2. The predicted molar refractivity (Wildman–Crippen MR) is 119 cm³/mol. The van der Waals surface area contributed by atoms with Crippen molar-refractivity contribution in [2.75, 3.05) is 12.0 Å². The van der Waals surface area contributed by atoms with Crippen LogP contribution in [-0.2, 0) is 9.47 Å². The molecule has 0 spiro atoms. The van der Waals surface area contributed by atoms with Gasteiger partial charge in [-0.15, -0.1) is 0 Å². The minimum atomic E-state index is -0.792. The summed E-state index contributed by atoms with van der Waals surface area (Å²) in [5, 5.41) is 0. The maximum atomic E-state index is 13.1. The second kappa shape index (κ2) is 8.34. The van der Waals surface area contributed by atoms with Crippen LogP contribution in [0.15, 0.2) is 46.2 Å². The highest BCUT2D eigenvalue weighted by atomic mass is 32.2. The molecule has 0 bridgehead atoms. The molecule has 8 heteroatoms. The molecule has 7 nitrogen and oxygen atoms in total. The smallest absolute Gasteiger partial charge is 0.497 e. The van der Waals surface area contributed by atoms with Gasteiger partial charge >= 0.3 is 12.2 Å². The van der Waals surface area contributed by atoms with Gasteiger partial charge < -0.3 is 18.9 Å². The zero-order valence-electron chi connectivity index (χ0n) is 18.8. The largest absolute Gasteiger partial charge is 0.514 e. The van der Waals surface area contributed by atoms with Gasteiger partial charge in [-0.3, -0.25) is 0 Å². The van der Waals surface area contributed by atoms with Gasteiger partial charge in [-0.25, -0.2) is 14.5 Å². The first kappa shape index (κ1) is 22.8. The number of methoxy groups -OCH3 is 1. The monoisotopic (exact) mass is 445 g/mol. The minimum Gasteiger partial charge on any atom is -0.497 e. The highest BCUT2D eigenvalue weighted by Gasteiger charge is 2.32. The van der Waals surface area contributed by atoms with Crippen LogP contribution >= 0.6 is 11.8 Å². The van der Waals surface area contributed by atoms with Crippen LogP contribution in [0.3, 0.4) is 0 Å². The van der Waals surface area contributed by atoms with Gasteiger partial charge in [-0.05, 0) is 77.9 Å². The summed E-state index contributed by atoms with van der Waals surface area (Å²) >= 11 is 1.44. The molecule has 0 saturated heterocycles. The van der Waals surface area contributed by atoms with Crippen LogP contribution in [0.4, 0.5) is 21.0 Å². The number of fused-ring (bicyclic) bond motifs is 2. The minimum absolute atomic E-state index is 0.316. The molecule has 0 fully saturated rings. The highest BCUT2D eigenvalue weighted by molar-refractivity contribution is 7.99. The first-order chi connectivity index (χ1) is 14.4. The van der Waals surface area contributed by atoms with Crippen molar-refractivity contribution >= 4 is 35.4 Å². The molecule has 0 atom stereocenters. The second-order valence-electron chi connectivity index (χ2n) is 8.95. The van der Waals surface area contributed by atoms with Crippen molar-refractivity contribution in [3.63, 3.8) is 0 Å². The van der Waals surface area contributed by atoms with Crippen LogP contribution < -0.4 is 14.4 Å². The Hall–Kier alpha value is -2.87. The third kappa shape index (κ3) is 5.64. The summed E-state index contributed by atoms with van der Waals surface area (Å²) in [6.45, 7) is 10.7. The van der Waals surface area contributed by atoms with E-state index in [1.807, 2.05) is 32.9 Å². The summed E-state index contributed by atoms with van der Waals surface area (Å²) in [5.41, 5.74) is -0.00101. The van der Waals surface area contributed by atoms with E-state index >= 15 is 0 Å². The van der Waals surface area contributed by atoms with Crippen molar-refractivity contribution in [3.05, 3.63) is 36.4 Å². The van der Waals surface area contributed by atoms with Crippen LogP contribution in [0.2, 0.25) is 0 Å². The molecule has 1 heterocycles. The van der Waals surface area contributed by atoms with Gasteiger partial charge in [0.1, 0.15) is 22.7 Å². The Morgan fingerprint density at radius 2 is 1.32 bits per heavy atom. The maximum Gasteiger partial charge on any atom is 0.514 e. The molecule has 3 rings (SSSR count). The summed E-state index contributed by atoms with van der Waals surface area (Å²) in [6, 6.07) is 10.5. The fourth-order valence-electron chi connectivity index (χ4n) is 2.83. The highest BCUT2D eigenvalue weighted by Crippen LogP contribution is 2.50. The van der Waals surface area contributed by atoms with E-state index in [9.17, 15) is 9.59 Å². The van der Waals surface area contributed by atoms with E-state index in [1.54, 1.807) is 52.1 Å². The van der Waals surface area contributed by atoms with Gasteiger partial charge in [-0.2, -0.15) is 0 Å². The van der Waals surface area contributed by atoms with Crippen molar-refractivity contribution in [2.45, 2.75) is 62.5 Å². The lowest BCUT2D eigenvalue weighted by molar-refractivity contribution is 0.0205. The number of nitrogens with zero attached hydrogens (tertiary/aromatic N) is 1. The van der Waals surface area contributed by atoms with E-state index in [0.29, 0.717) is 22.9 Å². The van der Waals surface area contributed by atoms with Crippen LogP contribution in [0.5, 0.6) is 11.5 Å². The number of carbonyl (C=O) groups is 2. The molecular weight excluding hydrogens is 418 g/mol. The van der Waals surface area contributed by atoms with Crippen LogP contribution in [-0.4, -0.2) is 30.6 Å². The molecule has 0 N–H and O–H groups in total. The van der Waals surface area contributed by atoms with Gasteiger partial charge in [0.05, 0.1) is 18.5 Å². The summed E-state index contributed by atoms with van der Waals surface area (Å²) < 4.78 is 21.5. The van der Waals surface area contributed by atoms with Crippen LogP contribution in [0.1, 0.15) is 41.5 Å². The maximum absolute atomic E-state index is 13.1. The first-order valence-electron chi connectivity index (χ1n) is 9.80. The molecule has 0 aromatic heterocycles. The van der Waals surface area contributed by atoms with Crippen molar-refractivity contribution in [3.8, 4) is 11.5 Å². The molecule has 1 amide bonds. The molecule has 1 aliphatic heterocycles. The van der Waals surface area contributed by atoms with Gasteiger partial charge in [0.15, 0.2) is 0 Å². The average Bonchev–Trinajstić information content (AvgIpc) is 2.62. The zero-order chi connectivity index (χ0) is 23.0. The van der Waals surface area contributed by atoms with Gasteiger partial charge in [0.2, 0.25) is 0 Å². The van der Waals surface area contributed by atoms with E-state index in [0.717, 1.165) is 9.79 Å². The number of rotatable bonds is 2. The Balaban J connectivity index is 1.98. The Kier molecular flexibility index (Phi) is 6.14. The number of amides is 1. The van der Waals surface area contributed by atoms with Crippen LogP contribution in [0.25, 0.3) is 0 Å². The lowest BCUT2D eigenvalue weighted by Crippen LogP contribution is -2.35. The third-order valence-electron chi connectivity index (χ3n) is 3.97. The Labute approximate surface area is 186 Å². The zero-order valence-corrected chi connectivity index (χ0v) is 19.6. The molecule has 2 aromatic carbocycles. The predicted octanol–water partition coefficient (Wildman–Crippen LogP) is 6.55. The summed E-state index contributed by atoms with van der Waals surface area (Å²) in [5.74, 6) is 0.982. The topological polar surface area (TPSA) is 74.3 Å². The standard InChI is InChI=1S/C23H27NO6S/c1-22(2,3)29-20(25)24-16-10-8-14(27-7)12-18(16)31-19-13-15(9-11-17(19)24)28-21(26)30-23(4,5)6/h8-13H,1-7H3. The molecule has 31 heavy (non-hydrogen) atoms.